The molecule has 10 nitrogen and oxygen atoms in total. The van der Waals surface area contributed by atoms with Gasteiger partial charge in [-0.05, 0) is 51.0 Å². The molecule has 1 atom stereocenters. The van der Waals surface area contributed by atoms with Crippen molar-refractivity contribution in [2.24, 2.45) is 0 Å². The number of alkyl halides is 1. The fraction of sp³-hybridized carbons (Fsp3) is 0.414. The second-order valence-electron chi connectivity index (χ2n) is 10.8. The zero-order valence-corrected chi connectivity index (χ0v) is 22.9. The van der Waals surface area contributed by atoms with Gasteiger partial charge in [-0.3, -0.25) is 14.4 Å². The third-order valence-electron chi connectivity index (χ3n) is 6.52. The molecule has 1 aromatic heterocycles. The summed E-state index contributed by atoms with van der Waals surface area (Å²) in [5, 5.41) is 10.5. The molecule has 2 aromatic carbocycles. The van der Waals surface area contributed by atoms with E-state index in [1.807, 2.05) is 18.2 Å². The molecule has 3 aromatic rings. The average Bonchev–Trinajstić information content (AvgIpc) is 2.92. The number of carbonyl (C=O) groups excluding carboxylic acids is 3. The second-order valence-corrected chi connectivity index (χ2v) is 10.8. The molecule has 1 aliphatic rings. The quantitative estimate of drug-likeness (QED) is 0.462. The maximum atomic E-state index is 14.7. The predicted molar refractivity (Wildman–Crippen MR) is 149 cm³/mol. The number of benzene rings is 2. The normalized spacial score (nSPS) is 14.6. The molecule has 0 aliphatic carbocycles. The monoisotopic (exact) mass is 551 g/mol. The number of fused-ring (bicyclic) bond motifs is 1. The average molecular weight is 552 g/mol. The predicted octanol–water partition coefficient (Wildman–Crippen LogP) is 3.65. The lowest BCUT2D eigenvalue weighted by Gasteiger charge is -2.35. The Morgan fingerprint density at radius 3 is 2.40 bits per heavy atom. The Morgan fingerprint density at radius 2 is 1.70 bits per heavy atom. The summed E-state index contributed by atoms with van der Waals surface area (Å²) in [6.45, 7) is 6.69. The van der Waals surface area contributed by atoms with Gasteiger partial charge in [0, 0.05) is 50.1 Å². The first-order valence-corrected chi connectivity index (χ1v) is 13.3. The van der Waals surface area contributed by atoms with Crippen LogP contribution in [0.15, 0.2) is 53.3 Å². The molecule has 212 valence electrons. The SMILES string of the molecule is CC(C)(C)OC(=O)N1CCN(C(=O)CCC(F)C(=O)Nc2cccc(Cc3n[nH]c(=O)c4ccccc34)c2)CC1. The third-order valence-corrected chi connectivity index (χ3v) is 6.52. The minimum Gasteiger partial charge on any atom is -0.444 e. The van der Waals surface area contributed by atoms with E-state index in [2.05, 4.69) is 15.5 Å². The molecule has 1 saturated heterocycles. The van der Waals surface area contributed by atoms with Gasteiger partial charge in [0.2, 0.25) is 5.91 Å². The van der Waals surface area contributed by atoms with Crippen LogP contribution in [0.4, 0.5) is 14.9 Å². The van der Waals surface area contributed by atoms with Crippen LogP contribution in [0, 0.1) is 0 Å². The van der Waals surface area contributed by atoms with Crippen molar-refractivity contribution in [3.8, 4) is 0 Å². The van der Waals surface area contributed by atoms with E-state index in [-0.39, 0.29) is 24.3 Å². The largest absolute Gasteiger partial charge is 0.444 e. The maximum Gasteiger partial charge on any atom is 0.410 e. The Bertz CT molecular complexity index is 1440. The van der Waals surface area contributed by atoms with E-state index in [1.165, 1.54) is 0 Å². The van der Waals surface area contributed by atoms with E-state index in [0.717, 1.165) is 10.9 Å². The highest BCUT2D eigenvalue weighted by atomic mass is 19.1. The fourth-order valence-electron chi connectivity index (χ4n) is 4.48. The lowest BCUT2D eigenvalue weighted by atomic mass is 10.0. The molecule has 2 N–H and O–H groups in total. The van der Waals surface area contributed by atoms with Crippen LogP contribution in [-0.4, -0.2) is 75.9 Å². The first-order chi connectivity index (χ1) is 19.0. The number of piperazine rings is 1. The summed E-state index contributed by atoms with van der Waals surface area (Å²) in [4.78, 5) is 52.4. The Hall–Kier alpha value is -4.28. The molecule has 0 radical (unpaired) electrons. The molecule has 0 saturated carbocycles. The summed E-state index contributed by atoms with van der Waals surface area (Å²) >= 11 is 0. The number of nitrogens with one attached hydrogen (secondary N) is 2. The van der Waals surface area contributed by atoms with Gasteiger partial charge in [0.25, 0.3) is 11.5 Å². The molecule has 4 rings (SSSR count). The Labute approximate surface area is 231 Å². The smallest absolute Gasteiger partial charge is 0.410 e. The van der Waals surface area contributed by atoms with Crippen molar-refractivity contribution in [3.63, 3.8) is 0 Å². The van der Waals surface area contributed by atoms with Crippen LogP contribution < -0.4 is 10.9 Å². The number of carbonyl (C=O) groups is 3. The van der Waals surface area contributed by atoms with Crippen LogP contribution in [0.25, 0.3) is 10.8 Å². The molecule has 1 aliphatic heterocycles. The van der Waals surface area contributed by atoms with E-state index >= 15 is 0 Å². The summed E-state index contributed by atoms with van der Waals surface area (Å²) in [6.07, 6.45) is -2.25. The molecule has 1 unspecified atom stereocenters. The molecule has 0 spiro atoms. The van der Waals surface area contributed by atoms with Gasteiger partial charge in [-0.1, -0.05) is 30.3 Å². The van der Waals surface area contributed by atoms with Crippen LogP contribution in [0.2, 0.25) is 0 Å². The topological polar surface area (TPSA) is 125 Å². The summed E-state index contributed by atoms with van der Waals surface area (Å²) < 4.78 is 20.1. The number of halogens is 1. The molecule has 2 heterocycles. The first kappa shape index (κ1) is 28.7. The molecule has 11 heteroatoms. The van der Waals surface area contributed by atoms with Gasteiger partial charge in [0.05, 0.1) is 11.1 Å². The van der Waals surface area contributed by atoms with Crippen molar-refractivity contribution in [2.75, 3.05) is 31.5 Å². The number of rotatable bonds is 7. The number of hydrogen-bond donors (Lipinski definition) is 2. The van der Waals surface area contributed by atoms with Crippen molar-refractivity contribution < 1.29 is 23.5 Å². The number of aromatic amines is 1. The Balaban J connectivity index is 1.27. The van der Waals surface area contributed by atoms with Gasteiger partial charge in [-0.25, -0.2) is 14.3 Å². The second kappa shape index (κ2) is 12.3. The van der Waals surface area contributed by atoms with E-state index < -0.39 is 23.8 Å². The zero-order valence-electron chi connectivity index (χ0n) is 22.9. The number of nitrogens with zero attached hydrogens (tertiary/aromatic N) is 3. The van der Waals surface area contributed by atoms with Crippen LogP contribution in [0.1, 0.15) is 44.9 Å². The minimum absolute atomic E-state index is 0.119. The number of H-pyrrole nitrogens is 1. The van der Waals surface area contributed by atoms with E-state index in [4.69, 9.17) is 4.74 Å². The van der Waals surface area contributed by atoms with Gasteiger partial charge in [0.15, 0.2) is 6.17 Å². The molecule has 3 amide bonds. The summed E-state index contributed by atoms with van der Waals surface area (Å²) in [5.41, 5.74) is 1.04. The van der Waals surface area contributed by atoms with E-state index in [0.29, 0.717) is 49.4 Å². The van der Waals surface area contributed by atoms with Crippen molar-refractivity contribution >= 4 is 34.4 Å². The molecular weight excluding hydrogens is 517 g/mol. The number of ether oxygens (including phenoxy) is 1. The highest BCUT2D eigenvalue weighted by molar-refractivity contribution is 5.94. The van der Waals surface area contributed by atoms with E-state index in [1.54, 1.807) is 60.9 Å². The molecule has 40 heavy (non-hydrogen) atoms. The van der Waals surface area contributed by atoms with Crippen molar-refractivity contribution in [2.45, 2.75) is 51.8 Å². The number of aromatic nitrogens is 2. The van der Waals surface area contributed by atoms with Crippen LogP contribution in [-0.2, 0) is 20.7 Å². The summed E-state index contributed by atoms with van der Waals surface area (Å²) in [6, 6.07) is 14.1. The minimum atomic E-state index is -1.86. The van der Waals surface area contributed by atoms with Crippen LogP contribution in [0.5, 0.6) is 0 Å². The number of amides is 3. The van der Waals surface area contributed by atoms with E-state index in [9.17, 15) is 23.6 Å². The van der Waals surface area contributed by atoms with Crippen molar-refractivity contribution in [1.82, 2.24) is 20.0 Å². The van der Waals surface area contributed by atoms with Crippen LogP contribution >= 0.6 is 0 Å². The molecule has 1 fully saturated rings. The highest BCUT2D eigenvalue weighted by Crippen LogP contribution is 2.20. The van der Waals surface area contributed by atoms with Gasteiger partial charge in [-0.15, -0.1) is 0 Å². The maximum absolute atomic E-state index is 14.7. The lowest BCUT2D eigenvalue weighted by molar-refractivity contribution is -0.133. The fourth-order valence-corrected chi connectivity index (χ4v) is 4.48. The summed E-state index contributed by atoms with van der Waals surface area (Å²) in [5.74, 6) is -1.09. The number of anilines is 1. The van der Waals surface area contributed by atoms with Gasteiger partial charge < -0.3 is 19.9 Å². The lowest BCUT2D eigenvalue weighted by Crippen LogP contribution is -2.51. The third kappa shape index (κ3) is 7.43. The summed E-state index contributed by atoms with van der Waals surface area (Å²) in [7, 11) is 0. The van der Waals surface area contributed by atoms with Crippen LogP contribution in [0.3, 0.4) is 0 Å². The van der Waals surface area contributed by atoms with Gasteiger partial charge >= 0.3 is 6.09 Å². The highest BCUT2D eigenvalue weighted by Gasteiger charge is 2.28. The number of hydrogen-bond acceptors (Lipinski definition) is 6. The van der Waals surface area contributed by atoms with Gasteiger partial charge in [0.1, 0.15) is 5.60 Å². The van der Waals surface area contributed by atoms with Crippen molar-refractivity contribution in [1.29, 1.82) is 0 Å². The molecular formula is C29H34FN5O5. The Morgan fingerprint density at radius 1 is 1.02 bits per heavy atom. The van der Waals surface area contributed by atoms with Crippen molar-refractivity contribution in [3.05, 3.63) is 70.1 Å². The Kier molecular flexibility index (Phi) is 8.81. The zero-order chi connectivity index (χ0) is 28.9. The van der Waals surface area contributed by atoms with Gasteiger partial charge in [-0.2, -0.15) is 5.10 Å². The molecule has 0 bridgehead atoms. The standard InChI is InChI=1S/C29H34FN5O5/c1-29(2,3)40-28(39)35-15-13-34(14-16-35)25(36)12-11-23(30)27(38)31-20-8-6-7-19(17-20)18-24-21-9-4-5-10-22(21)26(37)33-32-24/h4-10,17,23H,11-16,18H2,1-3H3,(H,31,38)(H,33,37). The first-order valence-electron chi connectivity index (χ1n) is 13.3.